The minimum absolute atomic E-state index is 0.00259. The molecule has 19 nitrogen and oxygen atoms in total. The molecule has 0 spiro atoms. The van der Waals surface area contributed by atoms with Crippen molar-refractivity contribution in [3.8, 4) is 11.4 Å². The Morgan fingerprint density at radius 2 is 1.44 bits per heavy atom. The van der Waals surface area contributed by atoms with Gasteiger partial charge in [0.15, 0.2) is 5.82 Å². The lowest BCUT2D eigenvalue weighted by atomic mass is 10.0. The van der Waals surface area contributed by atoms with Gasteiger partial charge in [0.1, 0.15) is 17.6 Å². The van der Waals surface area contributed by atoms with Crippen LogP contribution < -0.4 is 15.5 Å². The topological polar surface area (TPSA) is 215 Å². The van der Waals surface area contributed by atoms with Crippen LogP contribution in [0.15, 0.2) is 60.7 Å². The van der Waals surface area contributed by atoms with Gasteiger partial charge in [0.05, 0.1) is 25.9 Å². The van der Waals surface area contributed by atoms with Crippen LogP contribution in [-0.2, 0) is 48.7 Å². The van der Waals surface area contributed by atoms with Crippen LogP contribution in [-0.4, -0.2) is 135 Å². The number of nitrogens with zero attached hydrogens (tertiary/aromatic N) is 5. The molecule has 2 aliphatic rings. The highest BCUT2D eigenvalue weighted by Crippen LogP contribution is 2.27. The zero-order valence-electron chi connectivity index (χ0n) is 33.3. The highest BCUT2D eigenvalue weighted by Gasteiger charge is 2.32. The maximum Gasteiger partial charge on any atom is 0.513 e. The van der Waals surface area contributed by atoms with Crippen LogP contribution in [0.2, 0.25) is 0 Å². The molecule has 0 bridgehead atoms. The molecule has 20 heteroatoms. The van der Waals surface area contributed by atoms with Crippen LogP contribution in [0.5, 0.6) is 0 Å². The number of rotatable bonds is 16. The van der Waals surface area contributed by atoms with Crippen molar-refractivity contribution in [3.05, 3.63) is 71.9 Å². The average Bonchev–Trinajstić information content (AvgIpc) is 3.73. The Morgan fingerprint density at radius 1 is 0.814 bits per heavy atom. The van der Waals surface area contributed by atoms with Gasteiger partial charge in [0.2, 0.25) is 13.9 Å². The molecule has 3 amide bonds. The zero-order valence-corrected chi connectivity index (χ0v) is 34.3. The first kappa shape index (κ1) is 44.3. The van der Waals surface area contributed by atoms with E-state index in [1.807, 2.05) is 35.2 Å². The molecule has 5 rings (SSSR count). The highest BCUT2D eigenvalue weighted by molar-refractivity contribution is 7.48. The van der Waals surface area contributed by atoms with Crippen molar-refractivity contribution in [1.82, 2.24) is 25.1 Å². The second-order valence-corrected chi connectivity index (χ2v) is 14.5. The summed E-state index contributed by atoms with van der Waals surface area (Å²) in [4.78, 5) is 79.1. The fourth-order valence-corrected chi connectivity index (χ4v) is 7.08. The second kappa shape index (κ2) is 21.8. The van der Waals surface area contributed by atoms with E-state index in [1.165, 1.54) is 30.9 Å². The second-order valence-electron chi connectivity index (χ2n) is 13.1. The summed E-state index contributed by atoms with van der Waals surface area (Å²) in [7, 11) is -1.55. The van der Waals surface area contributed by atoms with E-state index in [9.17, 15) is 28.5 Å². The summed E-state index contributed by atoms with van der Waals surface area (Å²) in [5.74, 6) is -0.126. The number of nitrogens with one attached hydrogen (secondary N) is 1. The molecule has 3 atom stereocenters. The molecule has 3 heterocycles. The maximum atomic E-state index is 14.2. The monoisotopic (exact) mass is 840 g/mol. The predicted molar refractivity (Wildman–Crippen MR) is 211 cm³/mol. The summed E-state index contributed by atoms with van der Waals surface area (Å²) in [6.07, 6.45) is -2.12. The molecule has 0 radical (unpaired) electrons. The number of carbonyl (C=O) groups is 5. The van der Waals surface area contributed by atoms with E-state index in [0.717, 1.165) is 6.42 Å². The Bertz CT molecular complexity index is 1910. The molecule has 2 aliphatic heterocycles. The van der Waals surface area contributed by atoms with Crippen molar-refractivity contribution < 1.29 is 61.5 Å². The van der Waals surface area contributed by atoms with Crippen molar-refractivity contribution in [2.24, 2.45) is 0 Å². The number of aromatic nitrogens is 2. The number of ether oxygens (including phenoxy) is 6. The van der Waals surface area contributed by atoms with E-state index in [0.29, 0.717) is 35.9 Å². The van der Waals surface area contributed by atoms with E-state index in [4.69, 9.17) is 37.9 Å². The number of hydrogen-bond donors (Lipinski definition) is 1. The molecule has 1 aromatic heterocycles. The van der Waals surface area contributed by atoms with E-state index in [-0.39, 0.29) is 69.5 Å². The molecular weight excluding hydrogens is 791 g/mol. The molecular formula is C39H49N6O13P. The van der Waals surface area contributed by atoms with Gasteiger partial charge < -0.3 is 48.4 Å². The van der Waals surface area contributed by atoms with Gasteiger partial charge in [-0.05, 0) is 44.9 Å². The number of hydrogen-bond acceptors (Lipinski definition) is 16. The molecule has 2 fully saturated rings. The van der Waals surface area contributed by atoms with Crippen molar-refractivity contribution in [1.29, 1.82) is 0 Å². The number of benzene rings is 2. The van der Waals surface area contributed by atoms with Crippen LogP contribution in [0.3, 0.4) is 0 Å². The third kappa shape index (κ3) is 12.6. The minimum atomic E-state index is -3.21. The molecule has 0 aliphatic carbocycles. The summed E-state index contributed by atoms with van der Waals surface area (Å²) in [5, 5.41) is 3.06. The molecule has 2 saturated heterocycles. The molecule has 2 aromatic carbocycles. The maximum absolute atomic E-state index is 14.2. The number of carbonyl (C=O) groups excluding carboxylic acids is 5. The first-order chi connectivity index (χ1) is 28.5. The van der Waals surface area contributed by atoms with Crippen LogP contribution >= 0.6 is 8.03 Å². The van der Waals surface area contributed by atoms with E-state index in [2.05, 4.69) is 10.3 Å². The summed E-state index contributed by atoms with van der Waals surface area (Å²) in [5.41, 5.74) is 1.33. The lowest BCUT2D eigenvalue weighted by molar-refractivity contribution is -0.199. The largest absolute Gasteiger partial charge is 0.513 e. The number of anilines is 1. The van der Waals surface area contributed by atoms with E-state index in [1.54, 1.807) is 37.1 Å². The van der Waals surface area contributed by atoms with Crippen molar-refractivity contribution in [3.63, 3.8) is 0 Å². The highest BCUT2D eigenvalue weighted by atomic mass is 31.1. The summed E-state index contributed by atoms with van der Waals surface area (Å²) >= 11 is 0. The molecule has 1 N–H and O–H groups in total. The summed E-state index contributed by atoms with van der Waals surface area (Å²) < 4.78 is 48.2. The Balaban J connectivity index is 1.38. The minimum Gasteiger partial charge on any atom is -0.450 e. The summed E-state index contributed by atoms with van der Waals surface area (Å²) in [6.45, 7) is 5.00. The van der Waals surface area contributed by atoms with Crippen molar-refractivity contribution >= 4 is 49.4 Å². The molecule has 0 saturated carbocycles. The third-order valence-corrected chi connectivity index (χ3v) is 10.5. The predicted octanol–water partition coefficient (Wildman–Crippen LogP) is 3.76. The molecule has 318 valence electrons. The number of piperazine rings is 1. The fraction of sp³-hybridized carbons (Fsp3) is 0.462. The number of methoxy groups -OCH3 is 1. The van der Waals surface area contributed by atoms with Gasteiger partial charge in [0.25, 0.3) is 5.91 Å². The zero-order chi connectivity index (χ0) is 42.3. The van der Waals surface area contributed by atoms with Crippen LogP contribution in [0, 0.1) is 0 Å². The van der Waals surface area contributed by atoms with E-state index < -0.39 is 50.8 Å². The van der Waals surface area contributed by atoms with Crippen molar-refractivity contribution in [2.45, 2.75) is 52.2 Å². The lowest BCUT2D eigenvalue weighted by Gasteiger charge is -2.36. The number of amides is 3. The standard InChI is InChI=1S/C39H49N6O13P/c1-5-53-36(48)44-21-19-43(20-22-44)35(47)31(23-26-13-15-29(16-14-26)59(51)58-39(56-37(49)54-6-2)57-38(50)55-7-3)41-34(46)30-24-32(45-18-17-28(25-45)52-4)42-33(40-30)27-11-9-8-10-12-27/h8-16,24,28,31,39,59H,5-7,17-23,25H2,1-4H3,(H,41,46). The van der Waals surface area contributed by atoms with Crippen molar-refractivity contribution in [2.75, 3.05) is 71.1 Å². The van der Waals surface area contributed by atoms with Gasteiger partial charge in [0, 0.05) is 69.7 Å². The van der Waals surface area contributed by atoms with Gasteiger partial charge in [-0.15, -0.1) is 0 Å². The Morgan fingerprint density at radius 3 is 2.03 bits per heavy atom. The van der Waals surface area contributed by atoms with Gasteiger partial charge >= 0.3 is 24.9 Å². The first-order valence-corrected chi connectivity index (χ1v) is 20.5. The normalized spacial score (nSPS) is 16.2. The Labute approximate surface area is 342 Å². The van der Waals surface area contributed by atoms with Gasteiger partial charge in [-0.25, -0.2) is 24.4 Å². The van der Waals surface area contributed by atoms with Gasteiger partial charge in [-0.1, -0.05) is 42.5 Å². The molecule has 3 unspecified atom stereocenters. The van der Waals surface area contributed by atoms with E-state index >= 15 is 0 Å². The molecule has 3 aromatic rings. The fourth-order valence-electron chi connectivity index (χ4n) is 6.24. The summed E-state index contributed by atoms with van der Waals surface area (Å²) in [6, 6.07) is 15.9. The van der Waals surface area contributed by atoms with Crippen LogP contribution in [0.25, 0.3) is 11.4 Å². The lowest BCUT2D eigenvalue weighted by Crippen LogP contribution is -2.56. The SMILES string of the molecule is CCOC(=O)OC(OC(=O)OCC)O[PH](=O)c1ccc(CC(NC(=O)c2cc(N3CCC(OC)C3)nc(-c3ccccc3)n2)C(=O)N2CCN(C(=O)OCC)CC2)cc1. The Kier molecular flexibility index (Phi) is 16.4. The van der Waals surface area contributed by atoms with Crippen LogP contribution in [0.4, 0.5) is 20.2 Å². The van der Waals surface area contributed by atoms with Gasteiger partial charge in [-0.3, -0.25) is 18.7 Å². The van der Waals surface area contributed by atoms with Gasteiger partial charge in [-0.2, -0.15) is 0 Å². The first-order valence-electron chi connectivity index (χ1n) is 19.2. The Hall–Kier alpha value is -5.78. The third-order valence-electron chi connectivity index (χ3n) is 9.24. The quantitative estimate of drug-likeness (QED) is 0.0941. The smallest absolute Gasteiger partial charge is 0.450 e. The average molecular weight is 841 g/mol. The molecule has 59 heavy (non-hydrogen) atoms. The van der Waals surface area contributed by atoms with Crippen LogP contribution in [0.1, 0.15) is 43.2 Å².